The van der Waals surface area contributed by atoms with E-state index >= 15 is 0 Å². The van der Waals surface area contributed by atoms with Crippen LogP contribution in [0.25, 0.3) is 0 Å². The number of rotatable bonds is 18. The van der Waals surface area contributed by atoms with Gasteiger partial charge >= 0.3 is 6.16 Å². The largest absolute Gasteiger partial charge is 0.514 e. The average Bonchev–Trinajstić information content (AvgIpc) is 4.18. The predicted molar refractivity (Wildman–Crippen MR) is 283 cm³/mol. The van der Waals surface area contributed by atoms with E-state index in [0.717, 1.165) is 12.5 Å². The summed E-state index contributed by atoms with van der Waals surface area (Å²) < 4.78 is 35.7. The van der Waals surface area contributed by atoms with Crippen LogP contribution >= 0.6 is 46.4 Å². The number of likely N-dealkylation sites (tertiary alicyclic amines) is 2. The quantitative estimate of drug-likeness (QED) is 0.0600. The molecule has 2 aliphatic heterocycles. The van der Waals surface area contributed by atoms with Gasteiger partial charge in [-0.2, -0.15) is 0 Å². The van der Waals surface area contributed by atoms with Crippen molar-refractivity contribution in [3.63, 3.8) is 0 Å². The molecule has 2 fully saturated rings. The number of halogens is 4. The first-order valence-corrected chi connectivity index (χ1v) is 26.3. The Morgan fingerprint density at radius 2 is 1.05 bits per heavy atom. The number of aromatic nitrogens is 6. The van der Waals surface area contributed by atoms with Crippen molar-refractivity contribution < 1.29 is 52.0 Å². The number of piperidine rings is 2. The minimum atomic E-state index is -1.57. The minimum Gasteiger partial charge on any atom is -0.446 e. The molecule has 412 valence electrons. The number of nitrogens with one attached hydrogen (secondary N) is 2. The Bertz CT molecular complexity index is 3100. The van der Waals surface area contributed by atoms with Crippen LogP contribution in [-0.2, 0) is 23.6 Å². The molecule has 0 saturated carbocycles. The van der Waals surface area contributed by atoms with E-state index in [-0.39, 0.29) is 80.9 Å². The van der Waals surface area contributed by atoms with Gasteiger partial charge in [-0.3, -0.25) is 37.9 Å². The van der Waals surface area contributed by atoms with Crippen LogP contribution in [0.3, 0.4) is 0 Å². The zero-order valence-electron chi connectivity index (χ0n) is 42.5. The third-order valence-electron chi connectivity index (χ3n) is 12.9. The van der Waals surface area contributed by atoms with E-state index in [1.165, 1.54) is 59.9 Å². The molecule has 2 aliphatic rings. The van der Waals surface area contributed by atoms with Gasteiger partial charge in [0.05, 0.1) is 32.5 Å². The van der Waals surface area contributed by atoms with Crippen molar-refractivity contribution in [2.75, 3.05) is 36.8 Å². The summed E-state index contributed by atoms with van der Waals surface area (Å²) >= 11 is 24.6. The Morgan fingerprint density at radius 3 is 1.41 bits per heavy atom. The second-order valence-corrected chi connectivity index (χ2v) is 20.0. The summed E-state index contributed by atoms with van der Waals surface area (Å²) in [5.74, 6) is -4.33. The molecule has 4 atom stereocenters. The lowest BCUT2D eigenvalue weighted by Crippen LogP contribution is -2.41. The summed E-state index contributed by atoms with van der Waals surface area (Å²) in [6.07, 6.45) is 2.90. The molecule has 0 aliphatic carbocycles. The van der Waals surface area contributed by atoms with Gasteiger partial charge in [0.25, 0.3) is 34.7 Å². The Balaban J connectivity index is 1.04. The highest BCUT2D eigenvalue weighted by Gasteiger charge is 2.36. The maximum atomic E-state index is 14.4. The van der Waals surface area contributed by atoms with Gasteiger partial charge in [0, 0.05) is 76.1 Å². The molecule has 6 heterocycles. The third kappa shape index (κ3) is 13.1. The molecule has 78 heavy (non-hydrogen) atoms. The van der Waals surface area contributed by atoms with Gasteiger partial charge in [0.15, 0.2) is 11.4 Å². The molecule has 4 amide bonds. The summed E-state index contributed by atoms with van der Waals surface area (Å²) in [6.45, 7) is 4.55. The van der Waals surface area contributed by atoms with Crippen molar-refractivity contribution in [3.8, 4) is 11.5 Å². The number of hydrogen-bond donors (Lipinski definition) is 2. The number of amides is 4. The number of anilines is 2. The molecule has 0 spiro atoms. The zero-order valence-corrected chi connectivity index (χ0v) is 45.5. The first-order valence-electron chi connectivity index (χ1n) is 24.8. The Labute approximate surface area is 464 Å². The lowest BCUT2D eigenvalue weighted by molar-refractivity contribution is -0.113. The van der Waals surface area contributed by atoms with Crippen LogP contribution < -0.4 is 31.2 Å². The fourth-order valence-corrected chi connectivity index (χ4v) is 9.59. The van der Waals surface area contributed by atoms with E-state index in [2.05, 4.69) is 30.9 Å². The molecule has 23 nitrogen and oxygen atoms in total. The molecule has 2 aromatic carbocycles. The average molecular weight is 1150 g/mol. The van der Waals surface area contributed by atoms with E-state index in [1.807, 2.05) is 0 Å². The van der Waals surface area contributed by atoms with Gasteiger partial charge in [0.2, 0.25) is 24.1 Å². The third-order valence-corrected chi connectivity index (χ3v) is 14.3. The highest BCUT2D eigenvalue weighted by atomic mass is 35.5. The van der Waals surface area contributed by atoms with Crippen molar-refractivity contribution in [1.82, 2.24) is 39.2 Å². The van der Waals surface area contributed by atoms with Gasteiger partial charge in [-0.05, 0) is 74.9 Å². The van der Waals surface area contributed by atoms with Gasteiger partial charge in [0.1, 0.15) is 35.5 Å². The number of carbonyl (C=O) groups is 5. The van der Waals surface area contributed by atoms with Gasteiger partial charge < -0.3 is 48.4 Å². The summed E-state index contributed by atoms with van der Waals surface area (Å²) in [5, 5.41) is 13.4. The lowest BCUT2D eigenvalue weighted by Gasteiger charge is -2.33. The molecule has 2 saturated heterocycles. The second-order valence-electron chi connectivity index (χ2n) is 18.4. The number of benzene rings is 2. The minimum absolute atomic E-state index is 0.0306. The maximum Gasteiger partial charge on any atom is 0.514 e. The van der Waals surface area contributed by atoms with Crippen LogP contribution in [-0.4, -0.2) is 108 Å². The van der Waals surface area contributed by atoms with Crippen molar-refractivity contribution in [3.05, 3.63) is 136 Å². The fourth-order valence-electron chi connectivity index (χ4n) is 8.99. The Hall–Kier alpha value is -7.47. The van der Waals surface area contributed by atoms with Crippen molar-refractivity contribution in [1.29, 1.82) is 0 Å². The molecule has 4 aromatic heterocycles. The molecule has 2 N–H and O–H groups in total. The first-order chi connectivity index (χ1) is 37.4. The van der Waals surface area contributed by atoms with E-state index in [4.69, 9.17) is 74.4 Å². The van der Waals surface area contributed by atoms with Crippen molar-refractivity contribution in [2.24, 2.45) is 14.1 Å². The lowest BCUT2D eigenvalue weighted by atomic mass is 9.96. The highest BCUT2D eigenvalue weighted by Crippen LogP contribution is 2.32. The van der Waals surface area contributed by atoms with Gasteiger partial charge in [-0.25, -0.2) is 14.8 Å². The Kier molecular flexibility index (Phi) is 18.4. The molecule has 8 rings (SSSR count). The molecule has 0 radical (unpaired) electrons. The maximum absolute atomic E-state index is 14.4. The highest BCUT2D eigenvalue weighted by molar-refractivity contribution is 6.42. The van der Waals surface area contributed by atoms with Crippen LogP contribution in [0.15, 0.2) is 80.0 Å². The van der Waals surface area contributed by atoms with Crippen LogP contribution in [0.5, 0.6) is 11.5 Å². The summed E-state index contributed by atoms with van der Waals surface area (Å²) in [4.78, 5) is 111. The Morgan fingerprint density at radius 1 is 0.641 bits per heavy atom. The monoisotopic (exact) mass is 1150 g/mol. The van der Waals surface area contributed by atoms with E-state index in [9.17, 15) is 33.6 Å². The zero-order chi connectivity index (χ0) is 55.8. The van der Waals surface area contributed by atoms with Crippen LogP contribution in [0.1, 0.15) is 130 Å². The fraction of sp³-hybridized carbons (Fsp3) is 0.392. The number of nitrogens with zero attached hydrogens (tertiary/aromatic N) is 8. The predicted octanol–water partition coefficient (Wildman–Crippen LogP) is 8.87. The van der Waals surface area contributed by atoms with Crippen molar-refractivity contribution in [2.45, 2.75) is 89.6 Å². The molecular weight excluding hydrogens is 1100 g/mol. The van der Waals surface area contributed by atoms with Crippen LogP contribution in [0.2, 0.25) is 20.1 Å². The van der Waals surface area contributed by atoms with Crippen molar-refractivity contribution >= 4 is 87.6 Å². The summed E-state index contributed by atoms with van der Waals surface area (Å²) in [5.41, 5.74) is -1.72. The topological polar surface area (TPSA) is 275 Å². The van der Waals surface area contributed by atoms with Crippen LogP contribution in [0, 0.1) is 0 Å². The normalized spacial score (nSPS) is 16.2. The summed E-state index contributed by atoms with van der Waals surface area (Å²) in [6, 6.07) is 9.13. The standard InChI is InChI=1S/C51H52Cl4N10O13/c1-5-9-37(75-41-39(45(66)58-31-21-56-73-25-31)60-43(62(3)49(41)70)29-11-7-17-64(23-29)47(68)27-13-15-33(52)35(54)19-27)77-51(72)78-38(10-6-2)76-42-40(46(67)59-32-22-57-74-26-32)61-44(63(4)50(42)71)30-12-8-18-65(24-30)48(69)28-14-16-34(53)36(55)20-28/h13-16,19-22,25-26,29-30,37-38H,5-12,17-18,23-24H2,1-4H3,(H,58,66)(H,59,67)/t29-,30-,37?,38?/m1/s1. The molecule has 27 heteroatoms. The van der Waals surface area contributed by atoms with E-state index < -0.39 is 76.4 Å². The number of hydrogen-bond acceptors (Lipinski definition) is 17. The molecule has 0 bridgehead atoms. The van der Waals surface area contributed by atoms with Gasteiger partial charge in [-0.15, -0.1) is 0 Å². The van der Waals surface area contributed by atoms with E-state index in [0.29, 0.717) is 62.7 Å². The SMILES string of the molecule is CCCC(OC(=O)OC(CCC)Oc1c(C(=O)Nc2cnoc2)nc([C@@H]2CCCN(C(=O)c3ccc(Cl)c(Cl)c3)C2)n(C)c1=O)Oc1c(C(=O)Nc2cnoc2)nc([C@@H]2CCCN(C(=O)c3ccc(Cl)c(Cl)c3)C2)n(C)c1=O. The molecule has 6 aromatic rings. The smallest absolute Gasteiger partial charge is 0.446 e. The van der Waals surface area contributed by atoms with Gasteiger partial charge in [-0.1, -0.05) is 70.6 Å². The molecular formula is C51H52Cl4N10O13. The van der Waals surface area contributed by atoms with E-state index in [1.54, 1.807) is 35.8 Å². The van der Waals surface area contributed by atoms with Crippen LogP contribution in [0.4, 0.5) is 16.2 Å². The molecule has 2 unspecified atom stereocenters. The number of carbonyl (C=O) groups excluding carboxylic acids is 5. The summed E-state index contributed by atoms with van der Waals surface area (Å²) in [7, 11) is 2.87. The number of ether oxygens (including phenoxy) is 4. The second kappa shape index (κ2) is 25.3. The first kappa shape index (κ1) is 56.7.